The van der Waals surface area contributed by atoms with E-state index in [0.29, 0.717) is 12.5 Å². The van der Waals surface area contributed by atoms with Gasteiger partial charge in [0.25, 0.3) is 5.91 Å². The zero-order valence-corrected chi connectivity index (χ0v) is 10.7. The fourth-order valence-corrected chi connectivity index (χ4v) is 1.76. The van der Waals surface area contributed by atoms with E-state index < -0.39 is 0 Å². The molecule has 1 amide bonds. The number of nitrogens with one attached hydrogen (secondary N) is 1. The Morgan fingerprint density at radius 1 is 1.41 bits per heavy atom. The molecule has 0 unspecified atom stereocenters. The molecule has 0 radical (unpaired) electrons. The molecule has 0 aromatic carbocycles. The molecule has 1 aliphatic rings. The van der Waals surface area contributed by atoms with Crippen molar-refractivity contribution in [2.45, 2.75) is 33.1 Å². The maximum Gasteiger partial charge on any atom is 0.263 e. The highest BCUT2D eigenvalue weighted by molar-refractivity contribution is 5.97. The SMILES string of the molecule is CC(C)CNC(=O)/C(C#N)=C\N1CCCCC1. The van der Waals surface area contributed by atoms with Crippen molar-refractivity contribution < 1.29 is 4.79 Å². The summed E-state index contributed by atoms with van der Waals surface area (Å²) in [6.07, 6.45) is 5.23. The van der Waals surface area contributed by atoms with E-state index in [2.05, 4.69) is 10.2 Å². The Kier molecular flexibility index (Phi) is 5.55. The first-order valence-corrected chi connectivity index (χ1v) is 6.27. The summed E-state index contributed by atoms with van der Waals surface area (Å²) < 4.78 is 0. The van der Waals surface area contributed by atoms with Crippen LogP contribution in [0.2, 0.25) is 0 Å². The van der Waals surface area contributed by atoms with Crippen LogP contribution in [0, 0.1) is 17.2 Å². The van der Waals surface area contributed by atoms with Crippen LogP contribution >= 0.6 is 0 Å². The average molecular weight is 235 g/mol. The molecule has 4 nitrogen and oxygen atoms in total. The molecule has 1 rings (SSSR count). The number of nitriles is 1. The van der Waals surface area contributed by atoms with E-state index in [-0.39, 0.29) is 11.5 Å². The number of nitrogens with zero attached hydrogens (tertiary/aromatic N) is 2. The fourth-order valence-electron chi connectivity index (χ4n) is 1.76. The molecular formula is C13H21N3O. The first kappa shape index (κ1) is 13.6. The van der Waals surface area contributed by atoms with Crippen molar-refractivity contribution in [3.8, 4) is 6.07 Å². The van der Waals surface area contributed by atoms with E-state index in [4.69, 9.17) is 5.26 Å². The molecule has 94 valence electrons. The second kappa shape index (κ2) is 6.95. The predicted molar refractivity (Wildman–Crippen MR) is 67.0 cm³/mol. The van der Waals surface area contributed by atoms with Gasteiger partial charge >= 0.3 is 0 Å². The third kappa shape index (κ3) is 4.90. The van der Waals surface area contributed by atoms with Gasteiger partial charge in [0.05, 0.1) is 0 Å². The van der Waals surface area contributed by atoms with E-state index in [1.165, 1.54) is 6.42 Å². The quantitative estimate of drug-likeness (QED) is 0.595. The van der Waals surface area contributed by atoms with Gasteiger partial charge < -0.3 is 10.2 Å². The van der Waals surface area contributed by atoms with Gasteiger partial charge in [-0.3, -0.25) is 4.79 Å². The lowest BCUT2D eigenvalue weighted by Gasteiger charge is -2.25. The van der Waals surface area contributed by atoms with E-state index in [9.17, 15) is 4.79 Å². The Morgan fingerprint density at radius 3 is 2.59 bits per heavy atom. The summed E-state index contributed by atoms with van der Waals surface area (Å²) in [5, 5.41) is 11.8. The molecule has 17 heavy (non-hydrogen) atoms. The van der Waals surface area contributed by atoms with E-state index in [1.54, 1.807) is 6.20 Å². The molecule has 1 saturated heterocycles. The van der Waals surface area contributed by atoms with Crippen LogP contribution in [0.15, 0.2) is 11.8 Å². The van der Waals surface area contributed by atoms with Gasteiger partial charge in [-0.1, -0.05) is 13.8 Å². The molecule has 1 heterocycles. The number of carbonyl (C=O) groups excluding carboxylic acids is 1. The first-order chi connectivity index (χ1) is 8.13. The highest BCUT2D eigenvalue weighted by Crippen LogP contribution is 2.10. The minimum atomic E-state index is -0.258. The summed E-state index contributed by atoms with van der Waals surface area (Å²) in [5.74, 6) is 0.139. The molecule has 0 atom stereocenters. The van der Waals surface area contributed by atoms with Crippen LogP contribution in [0.4, 0.5) is 0 Å². The van der Waals surface area contributed by atoms with Crippen LogP contribution < -0.4 is 5.32 Å². The molecule has 0 bridgehead atoms. The lowest BCUT2D eigenvalue weighted by molar-refractivity contribution is -0.117. The highest BCUT2D eigenvalue weighted by Gasteiger charge is 2.13. The Morgan fingerprint density at radius 2 is 2.06 bits per heavy atom. The van der Waals surface area contributed by atoms with Gasteiger partial charge in [0.1, 0.15) is 11.6 Å². The average Bonchev–Trinajstić information content (AvgIpc) is 2.34. The third-order valence-corrected chi connectivity index (χ3v) is 2.74. The summed E-state index contributed by atoms with van der Waals surface area (Å²) in [6.45, 7) is 6.56. The second-order valence-electron chi connectivity index (χ2n) is 4.86. The topological polar surface area (TPSA) is 56.1 Å². The minimum Gasteiger partial charge on any atom is -0.376 e. The zero-order valence-electron chi connectivity index (χ0n) is 10.7. The molecule has 1 fully saturated rings. The normalized spacial score (nSPS) is 16.8. The van der Waals surface area contributed by atoms with Crippen molar-refractivity contribution in [3.05, 3.63) is 11.8 Å². The van der Waals surface area contributed by atoms with Crippen LogP contribution in [0.3, 0.4) is 0 Å². The van der Waals surface area contributed by atoms with E-state index in [0.717, 1.165) is 25.9 Å². The molecule has 0 spiro atoms. The summed E-state index contributed by atoms with van der Waals surface area (Å²) in [6, 6.07) is 1.98. The lowest BCUT2D eigenvalue weighted by atomic mass is 10.1. The Hall–Kier alpha value is -1.50. The van der Waals surface area contributed by atoms with E-state index in [1.807, 2.05) is 19.9 Å². The molecule has 0 aromatic heterocycles. The highest BCUT2D eigenvalue weighted by atomic mass is 16.1. The number of rotatable bonds is 4. The number of carbonyl (C=O) groups is 1. The second-order valence-corrected chi connectivity index (χ2v) is 4.86. The molecule has 0 saturated carbocycles. The molecule has 1 N–H and O–H groups in total. The van der Waals surface area contributed by atoms with Crippen LogP contribution in [0.5, 0.6) is 0 Å². The van der Waals surface area contributed by atoms with E-state index >= 15 is 0 Å². The van der Waals surface area contributed by atoms with Gasteiger partial charge in [-0.15, -0.1) is 0 Å². The van der Waals surface area contributed by atoms with Gasteiger partial charge in [0.2, 0.25) is 0 Å². The molecule has 0 aromatic rings. The van der Waals surface area contributed by atoms with Crippen molar-refractivity contribution in [2.75, 3.05) is 19.6 Å². The van der Waals surface area contributed by atoms with Crippen LogP contribution in [-0.4, -0.2) is 30.4 Å². The summed E-state index contributed by atoms with van der Waals surface area (Å²) in [4.78, 5) is 13.8. The lowest BCUT2D eigenvalue weighted by Crippen LogP contribution is -2.31. The van der Waals surface area contributed by atoms with Gasteiger partial charge in [-0.05, 0) is 25.2 Å². The van der Waals surface area contributed by atoms with Crippen LogP contribution in [0.1, 0.15) is 33.1 Å². The molecular weight excluding hydrogens is 214 g/mol. The van der Waals surface area contributed by atoms with Gasteiger partial charge in [-0.25, -0.2) is 0 Å². The maximum absolute atomic E-state index is 11.7. The van der Waals surface area contributed by atoms with Crippen molar-refractivity contribution in [1.82, 2.24) is 10.2 Å². The van der Waals surface area contributed by atoms with Crippen molar-refractivity contribution in [2.24, 2.45) is 5.92 Å². The monoisotopic (exact) mass is 235 g/mol. The van der Waals surface area contributed by atoms with Gasteiger partial charge in [-0.2, -0.15) is 5.26 Å². The zero-order chi connectivity index (χ0) is 12.7. The van der Waals surface area contributed by atoms with Crippen molar-refractivity contribution in [3.63, 3.8) is 0 Å². The molecule has 1 aliphatic heterocycles. The number of amides is 1. The molecule has 0 aliphatic carbocycles. The predicted octanol–water partition coefficient (Wildman–Crippen LogP) is 1.65. The first-order valence-electron chi connectivity index (χ1n) is 6.27. The van der Waals surface area contributed by atoms with Crippen LogP contribution in [-0.2, 0) is 4.79 Å². The number of piperidine rings is 1. The Labute approximate surface area is 103 Å². The third-order valence-electron chi connectivity index (χ3n) is 2.74. The molecule has 4 heteroatoms. The standard InChI is InChI=1S/C13H21N3O/c1-11(2)9-15-13(17)12(8-14)10-16-6-4-3-5-7-16/h10-11H,3-7,9H2,1-2H3,(H,15,17)/b12-10-. The van der Waals surface area contributed by atoms with Gasteiger partial charge in [0.15, 0.2) is 0 Å². The Balaban J connectivity index is 2.54. The summed E-state index contributed by atoms with van der Waals surface area (Å²) in [7, 11) is 0. The minimum absolute atomic E-state index is 0.215. The summed E-state index contributed by atoms with van der Waals surface area (Å²) in [5.41, 5.74) is 0.215. The largest absolute Gasteiger partial charge is 0.376 e. The van der Waals surface area contributed by atoms with Crippen molar-refractivity contribution >= 4 is 5.91 Å². The van der Waals surface area contributed by atoms with Crippen LogP contribution in [0.25, 0.3) is 0 Å². The van der Waals surface area contributed by atoms with Crippen molar-refractivity contribution in [1.29, 1.82) is 5.26 Å². The smallest absolute Gasteiger partial charge is 0.263 e. The van der Waals surface area contributed by atoms with Gasteiger partial charge in [0, 0.05) is 25.8 Å². The number of hydrogen-bond donors (Lipinski definition) is 1. The summed E-state index contributed by atoms with van der Waals surface area (Å²) >= 11 is 0. The maximum atomic E-state index is 11.7. The number of hydrogen-bond acceptors (Lipinski definition) is 3. The Bertz CT molecular complexity index is 322. The number of likely N-dealkylation sites (tertiary alicyclic amines) is 1. The fraction of sp³-hybridized carbons (Fsp3) is 0.692.